The van der Waals surface area contributed by atoms with Crippen molar-refractivity contribution >= 4 is 23.5 Å². The second kappa shape index (κ2) is 9.37. The van der Waals surface area contributed by atoms with Gasteiger partial charge in [0, 0.05) is 19.2 Å². The maximum atomic E-state index is 13.1. The molecular weight excluding hydrogens is 321 g/mol. The third kappa shape index (κ3) is 5.57. The molecule has 0 aliphatic carbocycles. The van der Waals surface area contributed by atoms with Crippen molar-refractivity contribution in [1.29, 1.82) is 0 Å². The summed E-state index contributed by atoms with van der Waals surface area (Å²) < 4.78 is 18.5. The van der Waals surface area contributed by atoms with Crippen molar-refractivity contribution in [2.24, 2.45) is 0 Å². The minimum atomic E-state index is -0.444. The fraction of sp³-hybridized carbons (Fsp3) is 0.200. The highest BCUT2D eigenvalue weighted by molar-refractivity contribution is 5.91. The van der Waals surface area contributed by atoms with E-state index in [1.54, 1.807) is 37.4 Å². The van der Waals surface area contributed by atoms with Crippen molar-refractivity contribution in [3.05, 3.63) is 71.6 Å². The molecule has 25 heavy (non-hydrogen) atoms. The predicted molar refractivity (Wildman–Crippen MR) is 95.9 cm³/mol. The number of hydrogen-bond acceptors (Lipinski definition) is 4. The molecule has 2 aromatic rings. The molecule has 2 aromatic carbocycles. The van der Waals surface area contributed by atoms with E-state index in [0.29, 0.717) is 18.4 Å². The van der Waals surface area contributed by atoms with E-state index < -0.39 is 5.97 Å². The van der Waals surface area contributed by atoms with Crippen molar-refractivity contribution in [1.82, 2.24) is 0 Å². The van der Waals surface area contributed by atoms with Crippen LogP contribution in [0.15, 0.2) is 54.6 Å². The Morgan fingerprint density at radius 1 is 1.12 bits per heavy atom. The van der Waals surface area contributed by atoms with Crippen LogP contribution in [0.3, 0.4) is 0 Å². The molecule has 0 saturated carbocycles. The average molecular weight is 341 g/mol. The first-order valence-corrected chi connectivity index (χ1v) is 7.97. The molecule has 130 valence electrons. The topological polar surface area (TPSA) is 55.4 Å². The van der Waals surface area contributed by atoms with Gasteiger partial charge in [-0.3, -0.25) is 0 Å². The Balaban J connectivity index is 2.10. The molecule has 0 fully saturated rings. The fourth-order valence-electron chi connectivity index (χ4n) is 2.28. The number of benzene rings is 2. The quantitative estimate of drug-likeness (QED) is 0.446. The van der Waals surface area contributed by atoms with Crippen LogP contribution in [0.2, 0.25) is 0 Å². The summed E-state index contributed by atoms with van der Waals surface area (Å²) >= 11 is 0. The number of rotatable bonds is 8. The van der Waals surface area contributed by atoms with Gasteiger partial charge in [-0.1, -0.05) is 24.3 Å². The standard InChI is InChI=1S/C20H20FNO3/c1-22-19-7-4-6-16(13-19)20(24)25-14-17(5-2-3-12-23)15-8-10-18(21)11-9-15/h4-13,22H,2-3,14H2,1H3/b17-5+. The Hall–Kier alpha value is -2.95. The van der Waals surface area contributed by atoms with Crippen LogP contribution in [-0.4, -0.2) is 25.9 Å². The van der Waals surface area contributed by atoms with Crippen molar-refractivity contribution in [3.8, 4) is 0 Å². The minimum absolute atomic E-state index is 0.0487. The molecule has 5 heteroatoms. The van der Waals surface area contributed by atoms with Crippen molar-refractivity contribution in [3.63, 3.8) is 0 Å². The van der Waals surface area contributed by atoms with Gasteiger partial charge in [0.2, 0.25) is 0 Å². The molecule has 0 bridgehead atoms. The largest absolute Gasteiger partial charge is 0.457 e. The van der Waals surface area contributed by atoms with Crippen LogP contribution in [0.1, 0.15) is 28.8 Å². The summed E-state index contributed by atoms with van der Waals surface area (Å²) in [5, 5.41) is 2.96. The van der Waals surface area contributed by atoms with Gasteiger partial charge < -0.3 is 14.8 Å². The first kappa shape index (κ1) is 18.4. The molecule has 0 aliphatic rings. The van der Waals surface area contributed by atoms with Gasteiger partial charge in [0.25, 0.3) is 0 Å². The minimum Gasteiger partial charge on any atom is -0.457 e. The smallest absolute Gasteiger partial charge is 0.338 e. The van der Waals surface area contributed by atoms with E-state index >= 15 is 0 Å². The number of hydrogen-bond donors (Lipinski definition) is 1. The SMILES string of the molecule is CNc1cccc(C(=O)OC/C(=C\CCC=O)c2ccc(F)cc2)c1. The summed E-state index contributed by atoms with van der Waals surface area (Å²) in [6.45, 7) is 0.0487. The van der Waals surface area contributed by atoms with E-state index in [0.717, 1.165) is 23.1 Å². The summed E-state index contributed by atoms with van der Waals surface area (Å²) in [5.74, 6) is -0.780. The third-order valence-corrected chi connectivity index (χ3v) is 3.64. The number of unbranched alkanes of at least 4 members (excludes halogenated alkanes) is 1. The Kier molecular flexibility index (Phi) is 6.89. The van der Waals surface area contributed by atoms with Crippen LogP contribution in [0.4, 0.5) is 10.1 Å². The summed E-state index contributed by atoms with van der Waals surface area (Å²) in [4.78, 5) is 22.7. The van der Waals surface area contributed by atoms with E-state index in [9.17, 15) is 14.0 Å². The van der Waals surface area contributed by atoms with Crippen LogP contribution in [0.25, 0.3) is 5.57 Å². The maximum Gasteiger partial charge on any atom is 0.338 e. The Morgan fingerprint density at radius 3 is 2.56 bits per heavy atom. The lowest BCUT2D eigenvalue weighted by Crippen LogP contribution is -2.08. The highest BCUT2D eigenvalue weighted by atomic mass is 19.1. The highest BCUT2D eigenvalue weighted by Gasteiger charge is 2.10. The molecule has 2 rings (SSSR count). The zero-order chi connectivity index (χ0) is 18.1. The molecule has 0 aliphatic heterocycles. The number of halogens is 1. The first-order chi connectivity index (χ1) is 12.1. The number of carbonyl (C=O) groups is 2. The second-order valence-electron chi connectivity index (χ2n) is 5.39. The van der Waals surface area contributed by atoms with E-state index in [2.05, 4.69) is 5.32 Å². The van der Waals surface area contributed by atoms with Crippen LogP contribution in [-0.2, 0) is 9.53 Å². The van der Waals surface area contributed by atoms with Crippen LogP contribution < -0.4 is 5.32 Å². The number of carbonyl (C=O) groups excluding carboxylic acids is 2. The lowest BCUT2D eigenvalue weighted by molar-refractivity contribution is -0.107. The fourth-order valence-corrected chi connectivity index (χ4v) is 2.28. The highest BCUT2D eigenvalue weighted by Crippen LogP contribution is 2.18. The van der Waals surface area contributed by atoms with Gasteiger partial charge in [-0.15, -0.1) is 0 Å². The molecule has 0 atom stereocenters. The zero-order valence-corrected chi connectivity index (χ0v) is 14.0. The third-order valence-electron chi connectivity index (χ3n) is 3.64. The number of esters is 1. The lowest BCUT2D eigenvalue weighted by Gasteiger charge is -2.10. The van der Waals surface area contributed by atoms with Gasteiger partial charge in [-0.2, -0.15) is 0 Å². The van der Waals surface area contributed by atoms with Crippen LogP contribution in [0, 0.1) is 5.82 Å². The van der Waals surface area contributed by atoms with Gasteiger partial charge in [-0.25, -0.2) is 9.18 Å². The zero-order valence-electron chi connectivity index (χ0n) is 14.0. The van der Waals surface area contributed by atoms with Crippen LogP contribution in [0.5, 0.6) is 0 Å². The molecule has 0 heterocycles. The summed E-state index contributed by atoms with van der Waals surface area (Å²) in [6.07, 6.45) is 3.57. The number of ether oxygens (including phenoxy) is 1. The van der Waals surface area contributed by atoms with Gasteiger partial charge in [0.15, 0.2) is 0 Å². The molecule has 0 amide bonds. The predicted octanol–water partition coefficient (Wildman–Crippen LogP) is 4.09. The van der Waals surface area contributed by atoms with Gasteiger partial charge in [0.1, 0.15) is 18.7 Å². The Bertz CT molecular complexity index is 754. The lowest BCUT2D eigenvalue weighted by atomic mass is 10.0. The summed E-state index contributed by atoms with van der Waals surface area (Å²) in [5.41, 5.74) is 2.75. The second-order valence-corrected chi connectivity index (χ2v) is 5.39. The molecule has 0 aromatic heterocycles. The van der Waals surface area contributed by atoms with Gasteiger partial charge in [-0.05, 0) is 47.9 Å². The number of anilines is 1. The van der Waals surface area contributed by atoms with Crippen LogP contribution >= 0.6 is 0 Å². The molecule has 0 saturated heterocycles. The van der Waals surface area contributed by atoms with Gasteiger partial charge in [0.05, 0.1) is 5.56 Å². The number of nitrogens with one attached hydrogen (secondary N) is 1. The molecule has 4 nitrogen and oxygen atoms in total. The van der Waals surface area contributed by atoms with Gasteiger partial charge >= 0.3 is 5.97 Å². The molecular formula is C20H20FNO3. The Morgan fingerprint density at radius 2 is 1.88 bits per heavy atom. The summed E-state index contributed by atoms with van der Waals surface area (Å²) in [7, 11) is 1.77. The first-order valence-electron chi connectivity index (χ1n) is 7.97. The average Bonchev–Trinajstić information content (AvgIpc) is 2.65. The molecule has 0 radical (unpaired) electrons. The number of allylic oxidation sites excluding steroid dienone is 1. The summed E-state index contributed by atoms with van der Waals surface area (Å²) in [6, 6.07) is 12.9. The van der Waals surface area contributed by atoms with E-state index in [-0.39, 0.29) is 12.4 Å². The van der Waals surface area contributed by atoms with Crippen molar-refractivity contribution in [2.75, 3.05) is 19.0 Å². The normalized spacial score (nSPS) is 11.0. The number of aldehydes is 1. The molecule has 0 unspecified atom stereocenters. The molecule has 1 N–H and O–H groups in total. The van der Waals surface area contributed by atoms with Crippen molar-refractivity contribution in [2.45, 2.75) is 12.8 Å². The van der Waals surface area contributed by atoms with E-state index in [1.165, 1.54) is 12.1 Å². The maximum absolute atomic E-state index is 13.1. The van der Waals surface area contributed by atoms with Crippen molar-refractivity contribution < 1.29 is 18.7 Å². The van der Waals surface area contributed by atoms with E-state index in [1.807, 2.05) is 12.1 Å². The monoisotopic (exact) mass is 341 g/mol. The molecule has 0 spiro atoms. The van der Waals surface area contributed by atoms with E-state index in [4.69, 9.17) is 4.74 Å². The Labute approximate surface area is 146 Å².